The van der Waals surface area contributed by atoms with Gasteiger partial charge in [-0.25, -0.2) is 0 Å². The summed E-state index contributed by atoms with van der Waals surface area (Å²) in [6, 6.07) is 4.04. The third kappa shape index (κ3) is 3.12. The molecule has 4 heteroatoms. The van der Waals surface area contributed by atoms with Crippen molar-refractivity contribution in [3.63, 3.8) is 0 Å². The van der Waals surface area contributed by atoms with Crippen molar-refractivity contribution in [2.75, 3.05) is 6.54 Å². The fourth-order valence-electron chi connectivity index (χ4n) is 2.26. The minimum absolute atomic E-state index is 0.0274. The Balaban J connectivity index is 1.98. The van der Waals surface area contributed by atoms with Crippen LogP contribution in [0.3, 0.4) is 0 Å². The summed E-state index contributed by atoms with van der Waals surface area (Å²) in [4.78, 5) is 13.7. The maximum Gasteiger partial charge on any atom is 0.261 e. The Morgan fingerprint density at radius 1 is 1.56 bits per heavy atom. The fraction of sp³-hybridized carbons (Fsp3) is 0.500. The van der Waals surface area contributed by atoms with Crippen molar-refractivity contribution in [1.82, 2.24) is 5.32 Å². The van der Waals surface area contributed by atoms with E-state index in [0.717, 1.165) is 16.2 Å². The lowest BCUT2D eigenvalue weighted by Gasteiger charge is -2.16. The largest absolute Gasteiger partial charge is 0.348 e. The summed E-state index contributed by atoms with van der Waals surface area (Å²) >= 11 is 1.42. The molecule has 96 valence electrons. The van der Waals surface area contributed by atoms with Crippen molar-refractivity contribution in [3.05, 3.63) is 21.9 Å². The Kier molecular flexibility index (Phi) is 4.40. The van der Waals surface area contributed by atoms with Gasteiger partial charge in [-0.15, -0.1) is 11.3 Å². The van der Waals surface area contributed by atoms with Gasteiger partial charge in [-0.3, -0.25) is 4.79 Å². The summed E-state index contributed by atoms with van der Waals surface area (Å²) in [5.41, 5.74) is 5.32. The van der Waals surface area contributed by atoms with Crippen LogP contribution in [0.15, 0.2) is 12.1 Å². The second kappa shape index (κ2) is 6.03. The molecule has 0 spiro atoms. The first-order valence-corrected chi connectivity index (χ1v) is 7.12. The summed E-state index contributed by atoms with van der Waals surface area (Å²) in [5.74, 6) is 6.35. The molecule has 0 bridgehead atoms. The summed E-state index contributed by atoms with van der Waals surface area (Å²) < 4.78 is 0. The Morgan fingerprint density at radius 2 is 2.39 bits per heavy atom. The van der Waals surface area contributed by atoms with Crippen molar-refractivity contribution in [1.29, 1.82) is 0 Å². The van der Waals surface area contributed by atoms with Gasteiger partial charge in [-0.05, 0) is 30.9 Å². The number of nitrogens with one attached hydrogen (secondary N) is 1. The molecule has 0 aromatic carbocycles. The van der Waals surface area contributed by atoms with E-state index in [4.69, 9.17) is 5.73 Å². The highest BCUT2D eigenvalue weighted by atomic mass is 32.1. The highest BCUT2D eigenvalue weighted by Crippen LogP contribution is 2.25. The highest BCUT2D eigenvalue weighted by molar-refractivity contribution is 7.14. The van der Waals surface area contributed by atoms with Crippen molar-refractivity contribution >= 4 is 17.2 Å². The van der Waals surface area contributed by atoms with Gasteiger partial charge in [0.05, 0.1) is 16.3 Å². The first-order chi connectivity index (χ1) is 8.70. The lowest BCUT2D eigenvalue weighted by atomic mass is 10.1. The van der Waals surface area contributed by atoms with Crippen LogP contribution in [-0.4, -0.2) is 18.5 Å². The van der Waals surface area contributed by atoms with E-state index in [1.807, 2.05) is 12.1 Å². The highest BCUT2D eigenvalue weighted by Gasteiger charge is 2.25. The Morgan fingerprint density at radius 3 is 3.06 bits per heavy atom. The number of carbonyl (C=O) groups excluding carboxylic acids is 1. The van der Waals surface area contributed by atoms with E-state index in [-0.39, 0.29) is 5.91 Å². The van der Waals surface area contributed by atoms with Gasteiger partial charge in [-0.2, -0.15) is 0 Å². The van der Waals surface area contributed by atoms with E-state index >= 15 is 0 Å². The zero-order valence-electron chi connectivity index (χ0n) is 10.5. The summed E-state index contributed by atoms with van der Waals surface area (Å²) in [6.45, 7) is 2.55. The first-order valence-electron chi connectivity index (χ1n) is 6.30. The molecule has 3 N–H and O–H groups in total. The molecular formula is C14H18N2OS. The number of hydrogen-bond acceptors (Lipinski definition) is 3. The van der Waals surface area contributed by atoms with Crippen LogP contribution < -0.4 is 11.1 Å². The topological polar surface area (TPSA) is 55.1 Å². The van der Waals surface area contributed by atoms with Crippen LogP contribution in [-0.2, 0) is 0 Å². The van der Waals surface area contributed by atoms with Crippen molar-refractivity contribution < 1.29 is 4.79 Å². The van der Waals surface area contributed by atoms with Crippen molar-refractivity contribution in [2.45, 2.75) is 32.2 Å². The van der Waals surface area contributed by atoms with Gasteiger partial charge in [0.25, 0.3) is 5.91 Å². The van der Waals surface area contributed by atoms with Crippen molar-refractivity contribution in [2.24, 2.45) is 11.7 Å². The first kappa shape index (κ1) is 13.1. The smallest absolute Gasteiger partial charge is 0.261 e. The molecule has 1 aromatic heterocycles. The monoisotopic (exact) mass is 262 g/mol. The summed E-state index contributed by atoms with van der Waals surface area (Å²) in [5, 5.41) is 3.11. The Bertz CT molecular complexity index is 483. The third-order valence-electron chi connectivity index (χ3n) is 3.32. The molecule has 0 aliphatic heterocycles. The van der Waals surface area contributed by atoms with Crippen LogP contribution in [0.25, 0.3) is 0 Å². The van der Waals surface area contributed by atoms with Crippen LogP contribution >= 0.6 is 11.3 Å². The normalized spacial score (nSPS) is 22.3. The van der Waals surface area contributed by atoms with E-state index in [9.17, 15) is 4.79 Å². The van der Waals surface area contributed by atoms with E-state index in [1.165, 1.54) is 24.2 Å². The number of amides is 1. The van der Waals surface area contributed by atoms with Gasteiger partial charge in [0, 0.05) is 6.04 Å². The van der Waals surface area contributed by atoms with E-state index in [1.54, 1.807) is 0 Å². The zero-order valence-corrected chi connectivity index (χ0v) is 11.3. The van der Waals surface area contributed by atoms with Crippen LogP contribution in [0, 0.1) is 17.8 Å². The minimum Gasteiger partial charge on any atom is -0.348 e. The molecule has 18 heavy (non-hydrogen) atoms. The predicted molar refractivity (Wildman–Crippen MR) is 74.5 cm³/mol. The summed E-state index contributed by atoms with van der Waals surface area (Å²) in [6.07, 6.45) is 3.52. The molecule has 2 unspecified atom stereocenters. The van der Waals surface area contributed by atoms with Gasteiger partial charge >= 0.3 is 0 Å². The molecule has 1 heterocycles. The lowest BCUT2D eigenvalue weighted by molar-refractivity contribution is 0.0934. The number of hydrogen-bond donors (Lipinski definition) is 2. The van der Waals surface area contributed by atoms with Gasteiger partial charge in [0.15, 0.2) is 0 Å². The molecule has 3 nitrogen and oxygen atoms in total. The molecule has 1 aliphatic rings. The molecule has 1 saturated carbocycles. The maximum absolute atomic E-state index is 12.1. The second-order valence-electron chi connectivity index (χ2n) is 4.66. The molecule has 1 fully saturated rings. The van der Waals surface area contributed by atoms with Gasteiger partial charge < -0.3 is 11.1 Å². The number of carbonyl (C=O) groups is 1. The quantitative estimate of drug-likeness (QED) is 0.801. The van der Waals surface area contributed by atoms with Crippen LogP contribution in [0.2, 0.25) is 0 Å². The SMILES string of the molecule is CC1CCCC1NC(=O)c1ccc(C#CCN)s1. The van der Waals surface area contributed by atoms with Crippen LogP contribution in [0.5, 0.6) is 0 Å². The van der Waals surface area contributed by atoms with Gasteiger partial charge in [0.1, 0.15) is 0 Å². The predicted octanol–water partition coefficient (Wildman–Crippen LogP) is 1.98. The molecule has 0 saturated heterocycles. The van der Waals surface area contributed by atoms with E-state index < -0.39 is 0 Å². The van der Waals surface area contributed by atoms with Crippen LogP contribution in [0.4, 0.5) is 0 Å². The standard InChI is InChI=1S/C14H18N2OS/c1-10-4-2-6-12(10)16-14(17)13-8-7-11(18-13)5-3-9-15/h7-8,10,12H,2,4,6,9,15H2,1H3,(H,16,17). The maximum atomic E-state index is 12.1. The second-order valence-corrected chi connectivity index (χ2v) is 5.74. The Hall–Kier alpha value is -1.31. The average Bonchev–Trinajstić information content (AvgIpc) is 2.97. The molecule has 1 amide bonds. The average molecular weight is 262 g/mol. The molecule has 0 radical (unpaired) electrons. The van der Waals surface area contributed by atoms with Crippen LogP contribution in [0.1, 0.15) is 40.7 Å². The molecule has 1 aliphatic carbocycles. The molecule has 1 aromatic rings. The molecular weight excluding hydrogens is 244 g/mol. The number of nitrogens with two attached hydrogens (primary N) is 1. The zero-order chi connectivity index (χ0) is 13.0. The van der Waals surface area contributed by atoms with Gasteiger partial charge in [-0.1, -0.05) is 25.2 Å². The van der Waals surface area contributed by atoms with Gasteiger partial charge in [0.2, 0.25) is 0 Å². The number of rotatable bonds is 2. The van der Waals surface area contributed by atoms with Crippen molar-refractivity contribution in [3.8, 4) is 11.8 Å². The molecule has 2 rings (SSSR count). The molecule has 2 atom stereocenters. The summed E-state index contributed by atoms with van der Waals surface area (Å²) in [7, 11) is 0. The third-order valence-corrected chi connectivity index (χ3v) is 4.32. The lowest BCUT2D eigenvalue weighted by Crippen LogP contribution is -2.35. The minimum atomic E-state index is 0.0274. The van der Waals surface area contributed by atoms with E-state index in [0.29, 0.717) is 18.5 Å². The number of thiophene rings is 1. The fourth-order valence-corrected chi connectivity index (χ4v) is 3.05. The Labute approximate surface area is 112 Å². The van der Waals surface area contributed by atoms with E-state index in [2.05, 4.69) is 24.1 Å².